The van der Waals surface area contributed by atoms with Crippen molar-refractivity contribution >= 4 is 28.5 Å². The van der Waals surface area contributed by atoms with Gasteiger partial charge in [0.1, 0.15) is 0 Å². The van der Waals surface area contributed by atoms with Gasteiger partial charge in [0, 0.05) is 11.1 Å². The maximum atomic E-state index is 13.7. The topological polar surface area (TPSA) is 55.4 Å². The van der Waals surface area contributed by atoms with Gasteiger partial charge in [0.05, 0.1) is 16.3 Å². The van der Waals surface area contributed by atoms with E-state index in [-0.39, 0.29) is 22.8 Å². The number of amides is 1. The Morgan fingerprint density at radius 3 is 1.77 bits per heavy atom. The number of aryl methyl sites for hydroxylation is 2. The van der Waals surface area contributed by atoms with E-state index in [4.69, 9.17) is 4.74 Å². The van der Waals surface area contributed by atoms with Gasteiger partial charge in [-0.15, -0.1) is 0 Å². The molecule has 1 aliphatic heterocycles. The predicted octanol–water partition coefficient (Wildman–Crippen LogP) is 6.46. The van der Waals surface area contributed by atoms with E-state index < -0.39 is 16.4 Å². The van der Waals surface area contributed by atoms with Gasteiger partial charge in [0.2, 0.25) is 0 Å². The summed E-state index contributed by atoms with van der Waals surface area (Å²) < 4.78 is 5.81. The minimum Gasteiger partial charge on any atom is -0.448 e. The molecular weight excluding hydrogens is 454 g/mol. The fourth-order valence-electron chi connectivity index (χ4n) is 5.72. The van der Waals surface area contributed by atoms with Crippen LogP contribution in [-0.2, 0) is 25.2 Å². The minimum atomic E-state index is -1.13. The molecule has 3 aromatic rings. The standard InChI is InChI=1S/C30H31NO3S/c1-20-18-24(35(22-12-8-6-9-13-22)23-14-10-7-11-15-23)19-21(2)25(20)31-26(32)30-17-16-29(5,27(33)34-30)28(30,3)4/h6-15,18-19H,16-17H2,1-5H3/p+1. The quantitative estimate of drug-likeness (QED) is 0.333. The van der Waals surface area contributed by atoms with Crippen LogP contribution in [0.2, 0.25) is 0 Å². The second kappa shape index (κ2) is 8.27. The Labute approximate surface area is 210 Å². The fraction of sp³-hybridized carbons (Fsp3) is 0.333. The molecule has 1 aliphatic carbocycles. The van der Waals surface area contributed by atoms with Crippen molar-refractivity contribution in [1.82, 2.24) is 0 Å². The van der Waals surface area contributed by atoms with Crippen LogP contribution >= 0.6 is 0 Å². The number of ether oxygens (including phenoxy) is 1. The number of rotatable bonds is 5. The third kappa shape index (κ3) is 3.43. The van der Waals surface area contributed by atoms with Crippen molar-refractivity contribution in [3.8, 4) is 0 Å². The van der Waals surface area contributed by atoms with Crippen molar-refractivity contribution < 1.29 is 14.3 Å². The van der Waals surface area contributed by atoms with E-state index in [0.717, 1.165) is 16.8 Å². The zero-order chi connectivity index (χ0) is 25.0. The largest absolute Gasteiger partial charge is 0.448 e. The van der Waals surface area contributed by atoms with Crippen molar-refractivity contribution in [2.75, 3.05) is 5.32 Å². The van der Waals surface area contributed by atoms with Crippen molar-refractivity contribution in [3.05, 3.63) is 83.9 Å². The van der Waals surface area contributed by atoms with Crippen molar-refractivity contribution in [2.24, 2.45) is 10.8 Å². The Hall–Kier alpha value is -3.05. The molecule has 4 nitrogen and oxygen atoms in total. The Morgan fingerprint density at radius 2 is 1.34 bits per heavy atom. The molecule has 2 fully saturated rings. The number of fused-ring (bicyclic) bond motifs is 2. The number of hydrogen-bond donors (Lipinski definition) is 1. The van der Waals surface area contributed by atoms with Gasteiger partial charge in [0.15, 0.2) is 20.3 Å². The van der Waals surface area contributed by atoms with E-state index in [1.165, 1.54) is 14.7 Å². The van der Waals surface area contributed by atoms with E-state index in [1.54, 1.807) is 0 Å². The molecule has 180 valence electrons. The van der Waals surface area contributed by atoms with E-state index in [1.807, 2.05) is 46.8 Å². The molecule has 1 N–H and O–H groups in total. The molecule has 3 aromatic carbocycles. The summed E-state index contributed by atoms with van der Waals surface area (Å²) in [5.41, 5.74) is 0.460. The lowest BCUT2D eigenvalue weighted by molar-refractivity contribution is -0.165. The Balaban J connectivity index is 1.51. The zero-order valence-electron chi connectivity index (χ0n) is 21.0. The van der Waals surface area contributed by atoms with E-state index in [0.29, 0.717) is 12.8 Å². The van der Waals surface area contributed by atoms with Crippen molar-refractivity contribution in [3.63, 3.8) is 0 Å². The van der Waals surface area contributed by atoms with Gasteiger partial charge in [-0.05, 0) is 81.1 Å². The van der Waals surface area contributed by atoms with Crippen LogP contribution in [0, 0.1) is 24.7 Å². The van der Waals surface area contributed by atoms with Crippen LogP contribution in [0.25, 0.3) is 0 Å². The van der Waals surface area contributed by atoms with Crippen molar-refractivity contribution in [2.45, 2.75) is 67.7 Å². The van der Waals surface area contributed by atoms with Crippen molar-refractivity contribution in [1.29, 1.82) is 0 Å². The van der Waals surface area contributed by atoms with Gasteiger partial charge in [-0.3, -0.25) is 9.59 Å². The number of hydrogen-bond acceptors (Lipinski definition) is 3. The lowest BCUT2D eigenvalue weighted by atomic mass is 9.66. The lowest BCUT2D eigenvalue weighted by Gasteiger charge is -2.35. The van der Waals surface area contributed by atoms with Crippen LogP contribution in [0.3, 0.4) is 0 Å². The number of carbonyl (C=O) groups excluding carboxylic acids is 2. The lowest BCUT2D eigenvalue weighted by Crippen LogP contribution is -2.50. The maximum absolute atomic E-state index is 13.7. The number of anilines is 1. The smallest absolute Gasteiger partial charge is 0.313 e. The minimum absolute atomic E-state index is 0.221. The summed E-state index contributed by atoms with van der Waals surface area (Å²) in [6.07, 6.45) is 1.22. The van der Waals surface area contributed by atoms with Crippen LogP contribution in [0.4, 0.5) is 5.69 Å². The normalized spacial score (nSPS) is 24.5. The number of esters is 1. The second-order valence-corrected chi connectivity index (χ2v) is 12.5. The highest BCUT2D eigenvalue weighted by Gasteiger charge is 2.75. The molecule has 0 radical (unpaired) electrons. The summed E-state index contributed by atoms with van der Waals surface area (Å²) in [6, 6.07) is 25.4. The molecule has 2 unspecified atom stereocenters. The third-order valence-corrected chi connectivity index (χ3v) is 10.6. The van der Waals surface area contributed by atoms with Gasteiger partial charge >= 0.3 is 5.97 Å². The highest BCUT2D eigenvalue weighted by molar-refractivity contribution is 7.97. The zero-order valence-corrected chi connectivity index (χ0v) is 21.8. The summed E-state index contributed by atoms with van der Waals surface area (Å²) in [5.74, 6) is -0.483. The summed E-state index contributed by atoms with van der Waals surface area (Å²) in [5, 5.41) is 3.16. The van der Waals surface area contributed by atoms with Gasteiger partial charge in [0.25, 0.3) is 5.91 Å². The SMILES string of the molecule is Cc1cc([S+](c2ccccc2)c2ccccc2)cc(C)c1NC(=O)C12CCC(C)(C(=O)O1)C2(C)C. The second-order valence-electron chi connectivity index (χ2n) is 10.5. The fourth-order valence-corrected chi connectivity index (χ4v) is 7.99. The predicted molar refractivity (Wildman–Crippen MR) is 140 cm³/mol. The molecule has 1 saturated heterocycles. The molecule has 1 amide bonds. The Kier molecular flexibility index (Phi) is 5.59. The molecule has 2 bridgehead atoms. The van der Waals surface area contributed by atoms with Crippen LogP contribution in [-0.4, -0.2) is 17.5 Å². The molecule has 2 aliphatic rings. The average molecular weight is 487 g/mol. The first-order chi connectivity index (χ1) is 16.6. The van der Waals surface area contributed by atoms with Crippen LogP contribution in [0.1, 0.15) is 44.7 Å². The number of benzene rings is 3. The Bertz CT molecular complexity index is 1240. The maximum Gasteiger partial charge on any atom is 0.313 e. The van der Waals surface area contributed by atoms with Gasteiger partial charge < -0.3 is 10.1 Å². The summed E-state index contributed by atoms with van der Waals surface area (Å²) >= 11 is 0. The first-order valence-corrected chi connectivity index (χ1v) is 13.3. The van der Waals surface area contributed by atoms with Crippen LogP contribution in [0.15, 0.2) is 87.5 Å². The number of nitrogens with one attached hydrogen (secondary N) is 1. The molecule has 1 heterocycles. The molecule has 0 aromatic heterocycles. The summed E-state index contributed by atoms with van der Waals surface area (Å²) in [6.45, 7) is 9.96. The highest BCUT2D eigenvalue weighted by Crippen LogP contribution is 2.65. The summed E-state index contributed by atoms with van der Waals surface area (Å²) in [7, 11) is -0.266. The van der Waals surface area contributed by atoms with Gasteiger partial charge in [-0.25, -0.2) is 0 Å². The monoisotopic (exact) mass is 486 g/mol. The first kappa shape index (κ1) is 23.7. The first-order valence-electron chi connectivity index (χ1n) is 12.1. The van der Waals surface area contributed by atoms with Crippen LogP contribution in [0.5, 0.6) is 0 Å². The summed E-state index contributed by atoms with van der Waals surface area (Å²) in [4.78, 5) is 30.0. The molecule has 2 atom stereocenters. The molecule has 5 heteroatoms. The molecule has 0 spiro atoms. The molecule has 5 rings (SSSR count). The van der Waals surface area contributed by atoms with Gasteiger partial charge in [-0.2, -0.15) is 0 Å². The Morgan fingerprint density at radius 1 is 0.829 bits per heavy atom. The molecule has 1 saturated carbocycles. The average Bonchev–Trinajstić information content (AvgIpc) is 3.13. The van der Waals surface area contributed by atoms with E-state index in [2.05, 4.69) is 66.0 Å². The van der Waals surface area contributed by atoms with E-state index >= 15 is 0 Å². The van der Waals surface area contributed by atoms with Crippen LogP contribution < -0.4 is 5.32 Å². The van der Waals surface area contributed by atoms with Gasteiger partial charge in [-0.1, -0.05) is 50.2 Å². The molecule has 35 heavy (non-hydrogen) atoms. The molecular formula is C30H32NO3S+. The van der Waals surface area contributed by atoms with E-state index in [9.17, 15) is 9.59 Å². The highest BCUT2D eigenvalue weighted by atomic mass is 32.2. The number of carbonyl (C=O) groups is 2. The third-order valence-electron chi connectivity index (χ3n) is 8.39.